The maximum Gasteiger partial charge on any atom is 0.301 e. The van der Waals surface area contributed by atoms with Gasteiger partial charge < -0.3 is 55.1 Å². The van der Waals surface area contributed by atoms with E-state index in [4.69, 9.17) is 14.2 Å². The van der Waals surface area contributed by atoms with Crippen molar-refractivity contribution < 1.29 is 59.9 Å². The summed E-state index contributed by atoms with van der Waals surface area (Å²) in [6.07, 6.45) is -7.97. The lowest BCUT2D eigenvalue weighted by molar-refractivity contribution is -0.328. The number of carbonyl (C=O) groups is 1. The molecule has 2 heterocycles. The van der Waals surface area contributed by atoms with Crippen molar-refractivity contribution >= 4 is 5.78 Å². The van der Waals surface area contributed by atoms with Gasteiger partial charge in [0.25, 0.3) is 5.79 Å². The van der Waals surface area contributed by atoms with E-state index in [0.29, 0.717) is 0 Å². The van der Waals surface area contributed by atoms with Crippen molar-refractivity contribution in [2.75, 3.05) is 6.61 Å². The number of aliphatic hydroxyl groups is 7. The van der Waals surface area contributed by atoms with Crippen molar-refractivity contribution in [2.45, 2.75) is 42.3 Å². The number of ketones is 1. The van der Waals surface area contributed by atoms with E-state index in [1.807, 2.05) is 0 Å². The van der Waals surface area contributed by atoms with Crippen LogP contribution >= 0.6 is 0 Å². The van der Waals surface area contributed by atoms with Crippen molar-refractivity contribution in [3.63, 3.8) is 0 Å². The first-order valence-corrected chi connectivity index (χ1v) is 9.82. The fourth-order valence-electron chi connectivity index (χ4n) is 3.73. The topological polar surface area (TPSA) is 207 Å². The molecule has 0 saturated carbocycles. The molecular formula is C21H22O12. The van der Waals surface area contributed by atoms with Crippen LogP contribution in [-0.2, 0) is 10.5 Å². The van der Waals surface area contributed by atoms with Crippen LogP contribution in [0.2, 0.25) is 0 Å². The molecule has 0 aliphatic carbocycles. The van der Waals surface area contributed by atoms with E-state index in [1.54, 1.807) is 6.07 Å². The highest BCUT2D eigenvalue weighted by Crippen LogP contribution is 2.47. The largest absolute Gasteiger partial charge is 0.507 e. The van der Waals surface area contributed by atoms with Crippen LogP contribution in [0.15, 0.2) is 42.5 Å². The lowest BCUT2D eigenvalue weighted by atomic mass is 9.86. The average molecular weight is 466 g/mol. The van der Waals surface area contributed by atoms with Crippen LogP contribution in [0.25, 0.3) is 0 Å². The number of carbonyl (C=O) groups excluding carboxylic acids is 1. The van der Waals surface area contributed by atoms with Crippen molar-refractivity contribution in [3.05, 3.63) is 53.6 Å². The van der Waals surface area contributed by atoms with E-state index in [-0.39, 0.29) is 11.3 Å². The third-order valence-corrected chi connectivity index (χ3v) is 5.59. The van der Waals surface area contributed by atoms with E-state index >= 15 is 0 Å². The number of hydrogen-bond donors (Lipinski definition) is 8. The fourth-order valence-corrected chi connectivity index (χ4v) is 3.73. The molecule has 0 spiro atoms. The number of Topliss-reactive ketones (excluding diaryl/α,β-unsaturated/α-hetero) is 1. The van der Waals surface area contributed by atoms with Gasteiger partial charge in [0.2, 0.25) is 12.1 Å². The molecule has 2 aromatic rings. The molecule has 2 aliphatic rings. The second kappa shape index (κ2) is 8.20. The van der Waals surface area contributed by atoms with E-state index in [1.165, 1.54) is 24.3 Å². The smallest absolute Gasteiger partial charge is 0.301 e. The summed E-state index contributed by atoms with van der Waals surface area (Å²) in [5.41, 5.74) is -0.824. The predicted octanol–water partition coefficient (Wildman–Crippen LogP) is -2.33. The Morgan fingerprint density at radius 1 is 0.970 bits per heavy atom. The molecule has 1 saturated heterocycles. The molecule has 0 radical (unpaired) electrons. The molecule has 0 aromatic heterocycles. The van der Waals surface area contributed by atoms with Gasteiger partial charge in [-0.1, -0.05) is 30.3 Å². The van der Waals surface area contributed by atoms with Gasteiger partial charge in [0.15, 0.2) is 0 Å². The summed E-state index contributed by atoms with van der Waals surface area (Å²) in [6.45, 7) is -0.697. The quantitative estimate of drug-likeness (QED) is 0.223. The first-order chi connectivity index (χ1) is 15.5. The maximum absolute atomic E-state index is 12.8. The first-order valence-electron chi connectivity index (χ1n) is 9.82. The summed E-state index contributed by atoms with van der Waals surface area (Å²) >= 11 is 0. The van der Waals surface area contributed by atoms with Crippen LogP contribution in [0.5, 0.6) is 17.2 Å². The summed E-state index contributed by atoms with van der Waals surface area (Å²) in [5.74, 6) is -9.43. The Labute approximate surface area is 186 Å². The van der Waals surface area contributed by atoms with Gasteiger partial charge in [-0.15, -0.1) is 0 Å². The van der Waals surface area contributed by atoms with Gasteiger partial charge in [-0.2, -0.15) is 0 Å². The summed E-state index contributed by atoms with van der Waals surface area (Å²) < 4.78 is 16.0. The van der Waals surface area contributed by atoms with Crippen molar-refractivity contribution in [3.8, 4) is 17.2 Å². The number of benzene rings is 2. The molecule has 1 fully saturated rings. The second-order valence-electron chi connectivity index (χ2n) is 7.74. The van der Waals surface area contributed by atoms with Crippen LogP contribution in [0.3, 0.4) is 0 Å². The molecular weight excluding hydrogens is 444 g/mol. The Balaban J connectivity index is 1.71. The minimum atomic E-state index is -3.46. The summed E-state index contributed by atoms with van der Waals surface area (Å²) in [6, 6.07) is 8.97. The zero-order valence-corrected chi connectivity index (χ0v) is 16.8. The molecule has 178 valence electrons. The first kappa shape index (κ1) is 23.4. The number of ether oxygens (including phenoxy) is 3. The second-order valence-corrected chi connectivity index (χ2v) is 7.74. The van der Waals surface area contributed by atoms with Crippen LogP contribution < -0.4 is 9.47 Å². The fraction of sp³-hybridized carbons (Fsp3) is 0.381. The minimum absolute atomic E-state index is 0.172. The van der Waals surface area contributed by atoms with E-state index < -0.39 is 71.7 Å². The van der Waals surface area contributed by atoms with Crippen LogP contribution in [0.4, 0.5) is 0 Å². The SMILES string of the molecule is O=C1c2c(O)cc(OC3O[C@H](CO)[C@@H](O)[C@H](O)[C@H]3O)cc2OC(O)(c2ccccc2)C1(O)O. The molecule has 8 N–H and O–H groups in total. The molecule has 6 atom stereocenters. The molecule has 12 nitrogen and oxygen atoms in total. The molecule has 2 unspecified atom stereocenters. The van der Waals surface area contributed by atoms with Gasteiger partial charge >= 0.3 is 5.79 Å². The van der Waals surface area contributed by atoms with Gasteiger partial charge in [-0.3, -0.25) is 4.79 Å². The highest BCUT2D eigenvalue weighted by Gasteiger charge is 2.62. The monoisotopic (exact) mass is 466 g/mol. The molecule has 0 amide bonds. The van der Waals surface area contributed by atoms with Crippen LogP contribution in [-0.4, -0.2) is 89.7 Å². The minimum Gasteiger partial charge on any atom is -0.507 e. The van der Waals surface area contributed by atoms with E-state index in [0.717, 1.165) is 12.1 Å². The summed E-state index contributed by atoms with van der Waals surface area (Å²) in [4.78, 5) is 12.8. The third kappa shape index (κ3) is 3.62. The van der Waals surface area contributed by atoms with E-state index in [2.05, 4.69) is 0 Å². The van der Waals surface area contributed by atoms with Gasteiger partial charge in [0.1, 0.15) is 47.2 Å². The molecule has 0 bridgehead atoms. The Bertz CT molecular complexity index is 1040. The zero-order chi connectivity index (χ0) is 24.1. The van der Waals surface area contributed by atoms with Gasteiger partial charge in [0, 0.05) is 17.7 Å². The van der Waals surface area contributed by atoms with Gasteiger partial charge in [-0.05, 0) is 0 Å². The average Bonchev–Trinajstić information content (AvgIpc) is 2.78. The Kier molecular flexibility index (Phi) is 5.80. The normalized spacial score (nSPS) is 33.2. The number of hydrogen-bond acceptors (Lipinski definition) is 12. The van der Waals surface area contributed by atoms with Crippen molar-refractivity contribution in [1.29, 1.82) is 0 Å². The van der Waals surface area contributed by atoms with Gasteiger partial charge in [-0.25, -0.2) is 0 Å². The predicted molar refractivity (Wildman–Crippen MR) is 105 cm³/mol. The number of phenolic OH excluding ortho intramolecular Hbond substituents is 1. The highest BCUT2D eigenvalue weighted by molar-refractivity contribution is 6.07. The number of aromatic hydroxyl groups is 1. The Hall–Kier alpha value is -2.81. The van der Waals surface area contributed by atoms with Crippen molar-refractivity contribution in [2.24, 2.45) is 0 Å². The maximum atomic E-state index is 12.8. The number of rotatable bonds is 4. The molecule has 33 heavy (non-hydrogen) atoms. The molecule has 2 aromatic carbocycles. The van der Waals surface area contributed by atoms with E-state index in [9.17, 15) is 45.6 Å². The summed E-state index contributed by atoms with van der Waals surface area (Å²) in [5, 5.41) is 81.3. The zero-order valence-electron chi connectivity index (χ0n) is 16.8. The third-order valence-electron chi connectivity index (χ3n) is 5.59. The molecule has 12 heteroatoms. The lowest BCUT2D eigenvalue weighted by Crippen LogP contribution is -2.63. The lowest BCUT2D eigenvalue weighted by Gasteiger charge is -2.42. The van der Waals surface area contributed by atoms with Gasteiger partial charge in [0.05, 0.1) is 6.61 Å². The number of fused-ring (bicyclic) bond motifs is 1. The summed E-state index contributed by atoms with van der Waals surface area (Å²) in [7, 11) is 0. The number of phenols is 1. The van der Waals surface area contributed by atoms with Crippen molar-refractivity contribution in [1.82, 2.24) is 0 Å². The Morgan fingerprint density at radius 3 is 2.27 bits per heavy atom. The Morgan fingerprint density at radius 2 is 1.64 bits per heavy atom. The molecule has 4 rings (SSSR count). The van der Waals surface area contributed by atoms with Crippen LogP contribution in [0, 0.1) is 0 Å². The molecule has 2 aliphatic heterocycles. The highest BCUT2D eigenvalue weighted by atomic mass is 16.7. The number of aliphatic hydroxyl groups excluding tert-OH is 4. The van der Waals surface area contributed by atoms with Crippen LogP contribution in [0.1, 0.15) is 15.9 Å². The standard InChI is InChI=1S/C21H22O12/c22-8-13-15(24)16(25)17(26)19(32-13)31-10-6-11(23)14-12(7-10)33-21(30,20(28,29)18(14)27)9-4-2-1-3-5-9/h1-7,13,15-17,19,22-26,28-30H,8H2/t13-,15-,16+,17-,19?,21?/m1/s1.